The summed E-state index contributed by atoms with van der Waals surface area (Å²) in [7, 11) is 0. The molecule has 11 nitrogen and oxygen atoms in total. The third-order valence-corrected chi connectivity index (χ3v) is 0. The fourth-order valence-corrected chi connectivity index (χ4v) is 0. The Balaban J connectivity index is -0.00000000438. The summed E-state index contributed by atoms with van der Waals surface area (Å²) in [5, 5.41) is 68.8. The summed E-state index contributed by atoms with van der Waals surface area (Å²) in [4.78, 5) is 0. The predicted molar refractivity (Wildman–Crippen MR) is 54.6 cm³/mol. The van der Waals surface area contributed by atoms with Gasteiger partial charge in [0.25, 0.3) is 0 Å². The minimum absolute atomic E-state index is 0. The van der Waals surface area contributed by atoms with Gasteiger partial charge < -0.3 is 130 Å². The van der Waals surface area contributed by atoms with Crippen LogP contribution in [0.15, 0.2) is 0 Å². The van der Waals surface area contributed by atoms with E-state index >= 15 is 0 Å². The zero-order chi connectivity index (χ0) is 22.0. The van der Waals surface area contributed by atoms with Crippen LogP contribution in [0.5, 0.6) is 0 Å². The predicted octanol–water partition coefficient (Wildman–Crippen LogP) is 1.05. The van der Waals surface area contributed by atoms with Gasteiger partial charge in [-0.05, 0) is 0 Å². The van der Waals surface area contributed by atoms with Gasteiger partial charge in [-0.1, -0.05) is 0 Å². The molecule has 14 heteroatoms. The molecular formula is C11CrMoN11Ni. The van der Waals surface area contributed by atoms with Crippen molar-refractivity contribution in [3.8, 4) is 0 Å². The van der Waals surface area contributed by atoms with E-state index in [1.54, 1.807) is 0 Å². The van der Waals surface area contributed by atoms with Gasteiger partial charge in [-0.25, -0.2) is 0 Å². The minimum atomic E-state index is 0. The van der Waals surface area contributed by atoms with Crippen molar-refractivity contribution >= 4 is 0 Å². The molecule has 0 saturated carbocycles. The first kappa shape index (κ1) is 169. The zero-order valence-electron chi connectivity index (χ0n) is 11.6. The van der Waals surface area contributed by atoms with Crippen LogP contribution in [0.1, 0.15) is 0 Å². The molecule has 0 bridgehead atoms. The average molecular weight is 493 g/mol. The second kappa shape index (κ2) is 483. The van der Waals surface area contributed by atoms with E-state index in [0.717, 1.165) is 0 Å². The molecule has 0 unspecified atom stereocenters. The molecule has 0 aliphatic carbocycles. The van der Waals surface area contributed by atoms with E-state index in [1.165, 1.54) is 0 Å². The quantitative estimate of drug-likeness (QED) is 0.340. The van der Waals surface area contributed by atoms with Crippen LogP contribution in [-0.2, 0) is 54.9 Å². The Labute approximate surface area is 184 Å². The molecule has 0 rings (SSSR count). The van der Waals surface area contributed by atoms with Gasteiger partial charge in [0.05, 0.1) is 0 Å². The van der Waals surface area contributed by atoms with Crippen molar-refractivity contribution in [1.82, 2.24) is 0 Å². The van der Waals surface area contributed by atoms with Crippen molar-refractivity contribution < 1.29 is 54.9 Å². The average Bonchev–Trinajstić information content (AvgIpc) is 2.78. The second-order valence-corrected chi connectivity index (χ2v) is 0. The van der Waals surface area contributed by atoms with Crippen LogP contribution in [0.3, 0.4) is 0 Å². The molecule has 1 radical (unpaired) electrons. The zero-order valence-corrected chi connectivity index (χ0v) is 15.8. The Bertz CT molecular complexity index is 206. The molecule has 0 aromatic heterocycles. The van der Waals surface area contributed by atoms with Crippen molar-refractivity contribution in [3.05, 3.63) is 72.3 Å². The Hall–Kier alpha value is -3.90. The van der Waals surface area contributed by atoms with Crippen LogP contribution in [0.25, 0.3) is 0 Å². The molecule has 0 spiro atoms. The Morgan fingerprint density at radius 3 is 0.240 bits per heavy atom. The molecule has 0 fully saturated rings. The molecule has 0 aromatic rings. The van der Waals surface area contributed by atoms with Gasteiger partial charge in [-0.15, -0.1) is 0 Å². The summed E-state index contributed by atoms with van der Waals surface area (Å²) >= 11 is 0. The van der Waals surface area contributed by atoms with E-state index in [-0.39, 0.29) is 54.9 Å². The van der Waals surface area contributed by atoms with Gasteiger partial charge in [0, 0.05) is 0 Å². The molecule has 0 amide bonds. The SMILES string of the molecule is [C-]#N.[C-]#N.[C-]#N.[C-]#N.[C-]#N.[C-]#N.[C-]#N.[C-]#N.[C-]#N.[C-]#N.[C-]#N.[Cr+3].[Mo+6].[Ni+2]. The maximum Gasteiger partial charge on any atom is 6.00 e. The monoisotopic (exact) mass is 494 g/mol. The Morgan fingerprint density at radius 2 is 0.240 bits per heavy atom. The second-order valence-electron chi connectivity index (χ2n) is 0. The first-order valence-electron chi connectivity index (χ1n) is 2.46. The number of nitrogens with zero attached hydrogens (tertiary/aromatic N) is 11. The van der Waals surface area contributed by atoms with Crippen LogP contribution in [0.4, 0.5) is 0 Å². The van der Waals surface area contributed by atoms with Gasteiger partial charge in [0.1, 0.15) is 0 Å². The van der Waals surface area contributed by atoms with Crippen molar-refractivity contribution in [1.29, 1.82) is 57.9 Å². The number of rotatable bonds is 0. The summed E-state index contributed by atoms with van der Waals surface area (Å²) in [6, 6.07) is 0. The van der Waals surface area contributed by atoms with Crippen molar-refractivity contribution in [2.75, 3.05) is 0 Å². The summed E-state index contributed by atoms with van der Waals surface area (Å²) < 4.78 is 0. The standard InChI is InChI=1S/11CN.Cr.Mo.Ni/c11*1-2;;;/q11*-1;+3;+6;+2. The van der Waals surface area contributed by atoms with E-state index in [1.807, 2.05) is 0 Å². The van der Waals surface area contributed by atoms with Crippen molar-refractivity contribution in [2.45, 2.75) is 0 Å². The van der Waals surface area contributed by atoms with E-state index in [2.05, 4.69) is 0 Å². The molecule has 0 aliphatic rings. The van der Waals surface area contributed by atoms with Crippen molar-refractivity contribution in [3.63, 3.8) is 0 Å². The van der Waals surface area contributed by atoms with E-state index in [0.29, 0.717) is 0 Å². The van der Waals surface area contributed by atoms with Gasteiger partial charge in [-0.3, -0.25) is 0 Å². The largest absolute Gasteiger partial charge is 6.00 e. The molecular weight excluding hydrogens is 493 g/mol. The smallest absolute Gasteiger partial charge is 0.512 e. The van der Waals surface area contributed by atoms with Crippen LogP contribution in [0.2, 0.25) is 0 Å². The van der Waals surface area contributed by atoms with E-state index < -0.39 is 0 Å². The summed E-state index contributed by atoms with van der Waals surface area (Å²) in [6.45, 7) is 52.2. The van der Waals surface area contributed by atoms with Crippen LogP contribution in [-0.4, -0.2) is 0 Å². The third kappa shape index (κ3) is 434. The van der Waals surface area contributed by atoms with Crippen LogP contribution < -0.4 is 0 Å². The normalized spacial score (nSPS) is 0.880. The maximum absolute atomic E-state index is 6.25. The summed E-state index contributed by atoms with van der Waals surface area (Å²) in [5.41, 5.74) is 0. The first-order chi connectivity index (χ1) is 11.0. The van der Waals surface area contributed by atoms with Crippen LogP contribution in [0, 0.1) is 130 Å². The fraction of sp³-hybridized carbons (Fsp3) is 0. The molecule has 0 aromatic carbocycles. The third-order valence-electron chi connectivity index (χ3n) is 0. The van der Waals surface area contributed by atoms with Crippen molar-refractivity contribution in [2.24, 2.45) is 0 Å². The minimum Gasteiger partial charge on any atom is -0.512 e. The van der Waals surface area contributed by atoms with Gasteiger partial charge in [0.2, 0.25) is 0 Å². The number of hydrogen-bond acceptors (Lipinski definition) is 11. The van der Waals surface area contributed by atoms with Crippen LogP contribution >= 0.6 is 0 Å². The fourth-order valence-electron chi connectivity index (χ4n) is 0. The van der Waals surface area contributed by atoms with Gasteiger partial charge >= 0.3 is 54.9 Å². The summed E-state index contributed by atoms with van der Waals surface area (Å²) in [6.07, 6.45) is 0. The molecule has 0 atom stereocenters. The van der Waals surface area contributed by atoms with E-state index in [9.17, 15) is 0 Å². The summed E-state index contributed by atoms with van der Waals surface area (Å²) in [5.74, 6) is 0. The molecule has 0 saturated heterocycles. The number of hydrogen-bond donors (Lipinski definition) is 0. The van der Waals surface area contributed by atoms with Gasteiger partial charge in [-0.2, -0.15) is 0 Å². The topological polar surface area (TPSA) is 262 Å². The maximum atomic E-state index is 6.25. The van der Waals surface area contributed by atoms with Gasteiger partial charge in [0.15, 0.2) is 0 Å². The first-order valence-corrected chi connectivity index (χ1v) is 2.46. The molecule has 0 N–H and O–H groups in total. The molecule has 25 heavy (non-hydrogen) atoms. The molecule has 121 valence electrons. The Morgan fingerprint density at radius 1 is 0.240 bits per heavy atom. The molecule has 0 aliphatic heterocycles. The molecule has 0 heterocycles. The Kier molecular flexibility index (Phi) is 3270. The van der Waals surface area contributed by atoms with E-state index in [4.69, 9.17) is 130 Å².